The predicted octanol–water partition coefficient (Wildman–Crippen LogP) is 1.20. The molecule has 0 aliphatic carbocycles. The fraction of sp³-hybridized carbons (Fsp3) is 0.700. The van der Waals surface area contributed by atoms with E-state index in [1.165, 1.54) is 0 Å². The second-order valence-corrected chi connectivity index (χ2v) is 3.09. The molecule has 1 aliphatic heterocycles. The van der Waals surface area contributed by atoms with Gasteiger partial charge in [0.05, 0.1) is 6.61 Å². The second kappa shape index (κ2) is 5.02. The lowest BCUT2D eigenvalue weighted by atomic mass is 10.1. The molecule has 0 aromatic heterocycles. The first-order valence-electron chi connectivity index (χ1n) is 4.86. The van der Waals surface area contributed by atoms with Crippen molar-refractivity contribution in [3.8, 4) is 0 Å². The topological polar surface area (TPSA) is 29.5 Å². The van der Waals surface area contributed by atoms with Crippen LogP contribution in [0.4, 0.5) is 0 Å². The minimum atomic E-state index is -0.141. The molecule has 0 unspecified atom stereocenters. The van der Waals surface area contributed by atoms with Crippen LogP contribution in [0.3, 0.4) is 0 Å². The summed E-state index contributed by atoms with van der Waals surface area (Å²) in [5.74, 6) is -0.141. The smallest absolute Gasteiger partial charge is 0.333 e. The molecule has 0 fully saturated rings. The number of carbonyl (C=O) groups is 1. The molecule has 0 N–H and O–H groups in total. The van der Waals surface area contributed by atoms with Crippen molar-refractivity contribution in [2.45, 2.75) is 20.3 Å². The van der Waals surface area contributed by atoms with E-state index >= 15 is 0 Å². The Bertz CT molecular complexity index is 211. The van der Waals surface area contributed by atoms with Crippen molar-refractivity contribution in [3.63, 3.8) is 0 Å². The average Bonchev–Trinajstić information content (AvgIpc) is 2.18. The largest absolute Gasteiger partial charge is 0.463 e. The lowest BCUT2D eigenvalue weighted by Gasteiger charge is -2.23. The van der Waals surface area contributed by atoms with E-state index in [0.717, 1.165) is 31.6 Å². The summed E-state index contributed by atoms with van der Waals surface area (Å²) in [5.41, 5.74) is 0.839. The molecule has 1 aliphatic rings. The highest BCUT2D eigenvalue weighted by atomic mass is 16.5. The summed E-state index contributed by atoms with van der Waals surface area (Å²) in [6, 6.07) is 0. The van der Waals surface area contributed by atoms with Crippen LogP contribution in [0.25, 0.3) is 0 Å². The zero-order valence-electron chi connectivity index (χ0n) is 8.38. The van der Waals surface area contributed by atoms with Crippen LogP contribution in [-0.2, 0) is 9.53 Å². The Morgan fingerprint density at radius 2 is 2.38 bits per heavy atom. The summed E-state index contributed by atoms with van der Waals surface area (Å²) in [4.78, 5) is 13.6. The highest BCUT2D eigenvalue weighted by Gasteiger charge is 2.16. The van der Waals surface area contributed by atoms with Crippen LogP contribution in [0, 0.1) is 0 Å². The Balaban J connectivity index is 2.45. The predicted molar refractivity (Wildman–Crippen MR) is 51.4 cm³/mol. The van der Waals surface area contributed by atoms with Gasteiger partial charge in [0.15, 0.2) is 0 Å². The molecule has 0 saturated carbocycles. The van der Waals surface area contributed by atoms with Gasteiger partial charge in [0.1, 0.15) is 0 Å². The molecule has 1 rings (SSSR count). The summed E-state index contributed by atoms with van der Waals surface area (Å²) in [6.07, 6.45) is 2.80. The van der Waals surface area contributed by atoms with Crippen LogP contribution in [0.2, 0.25) is 0 Å². The number of carbonyl (C=O) groups excluding carboxylic acids is 1. The fourth-order valence-electron chi connectivity index (χ4n) is 1.41. The van der Waals surface area contributed by atoms with Crippen molar-refractivity contribution in [1.29, 1.82) is 0 Å². The lowest BCUT2D eigenvalue weighted by Crippen LogP contribution is -2.30. The summed E-state index contributed by atoms with van der Waals surface area (Å²) >= 11 is 0. The van der Waals surface area contributed by atoms with E-state index in [0.29, 0.717) is 6.61 Å². The van der Waals surface area contributed by atoms with Crippen molar-refractivity contribution < 1.29 is 9.53 Å². The fourth-order valence-corrected chi connectivity index (χ4v) is 1.41. The van der Waals surface area contributed by atoms with Gasteiger partial charge in [-0.05, 0) is 19.9 Å². The first-order valence-corrected chi connectivity index (χ1v) is 4.86. The van der Waals surface area contributed by atoms with Gasteiger partial charge < -0.3 is 4.74 Å². The summed E-state index contributed by atoms with van der Waals surface area (Å²) in [5, 5.41) is 0. The Labute approximate surface area is 79.4 Å². The normalized spacial score (nSPS) is 18.2. The standard InChI is InChI=1S/C10H17NO2/c1-3-11-7-5-9(6-8-11)10(12)13-4-2/h5H,3-4,6-8H2,1-2H3. The van der Waals surface area contributed by atoms with Crippen LogP contribution < -0.4 is 0 Å². The van der Waals surface area contributed by atoms with Gasteiger partial charge in [0.2, 0.25) is 0 Å². The van der Waals surface area contributed by atoms with Gasteiger partial charge in [-0.3, -0.25) is 4.90 Å². The zero-order chi connectivity index (χ0) is 9.68. The number of ether oxygens (including phenoxy) is 1. The van der Waals surface area contributed by atoms with E-state index in [2.05, 4.69) is 11.8 Å². The van der Waals surface area contributed by atoms with Crippen molar-refractivity contribution in [2.75, 3.05) is 26.2 Å². The first-order chi connectivity index (χ1) is 6.27. The van der Waals surface area contributed by atoms with Crippen LogP contribution >= 0.6 is 0 Å². The Morgan fingerprint density at radius 1 is 1.62 bits per heavy atom. The van der Waals surface area contributed by atoms with Gasteiger partial charge in [-0.2, -0.15) is 0 Å². The number of hydrogen-bond donors (Lipinski definition) is 0. The molecule has 0 aromatic carbocycles. The number of likely N-dealkylation sites (N-methyl/N-ethyl adjacent to an activating group) is 1. The maximum absolute atomic E-state index is 11.3. The van der Waals surface area contributed by atoms with Gasteiger partial charge in [-0.1, -0.05) is 13.0 Å². The number of hydrogen-bond acceptors (Lipinski definition) is 3. The maximum Gasteiger partial charge on any atom is 0.333 e. The van der Waals surface area contributed by atoms with E-state index in [4.69, 9.17) is 4.74 Å². The summed E-state index contributed by atoms with van der Waals surface area (Å²) in [7, 11) is 0. The summed E-state index contributed by atoms with van der Waals surface area (Å²) in [6.45, 7) is 7.33. The zero-order valence-corrected chi connectivity index (χ0v) is 8.38. The third-order valence-electron chi connectivity index (χ3n) is 2.28. The molecule has 0 bridgehead atoms. The van der Waals surface area contributed by atoms with Gasteiger partial charge in [0, 0.05) is 18.7 Å². The molecule has 3 heteroatoms. The van der Waals surface area contributed by atoms with Crippen LogP contribution in [0.15, 0.2) is 11.6 Å². The average molecular weight is 183 g/mol. The van der Waals surface area contributed by atoms with Crippen LogP contribution in [-0.4, -0.2) is 37.1 Å². The first kappa shape index (κ1) is 10.3. The van der Waals surface area contributed by atoms with Gasteiger partial charge in [-0.25, -0.2) is 4.79 Å². The molecule has 3 nitrogen and oxygen atoms in total. The molecular weight excluding hydrogens is 166 g/mol. The molecule has 0 saturated heterocycles. The highest BCUT2D eigenvalue weighted by Crippen LogP contribution is 2.11. The number of nitrogens with zero attached hydrogens (tertiary/aromatic N) is 1. The molecular formula is C10H17NO2. The van der Waals surface area contributed by atoms with E-state index < -0.39 is 0 Å². The van der Waals surface area contributed by atoms with Crippen LogP contribution in [0.5, 0.6) is 0 Å². The molecule has 0 amide bonds. The number of esters is 1. The molecule has 0 spiro atoms. The number of rotatable bonds is 3. The quantitative estimate of drug-likeness (QED) is 0.616. The molecule has 1 heterocycles. The molecule has 13 heavy (non-hydrogen) atoms. The highest BCUT2D eigenvalue weighted by molar-refractivity contribution is 5.88. The molecule has 0 radical (unpaired) electrons. The molecule has 74 valence electrons. The van der Waals surface area contributed by atoms with Crippen molar-refractivity contribution in [1.82, 2.24) is 4.90 Å². The Hall–Kier alpha value is -0.830. The lowest BCUT2D eigenvalue weighted by molar-refractivity contribution is -0.138. The summed E-state index contributed by atoms with van der Waals surface area (Å²) < 4.78 is 4.92. The third kappa shape index (κ3) is 2.84. The minimum Gasteiger partial charge on any atom is -0.463 e. The Kier molecular flexibility index (Phi) is 3.96. The van der Waals surface area contributed by atoms with E-state index in [9.17, 15) is 4.79 Å². The van der Waals surface area contributed by atoms with E-state index in [1.807, 2.05) is 13.0 Å². The van der Waals surface area contributed by atoms with E-state index in [-0.39, 0.29) is 5.97 Å². The van der Waals surface area contributed by atoms with E-state index in [1.54, 1.807) is 0 Å². The molecule has 0 aromatic rings. The van der Waals surface area contributed by atoms with Crippen molar-refractivity contribution >= 4 is 5.97 Å². The molecule has 0 atom stereocenters. The van der Waals surface area contributed by atoms with Crippen molar-refractivity contribution in [2.24, 2.45) is 0 Å². The SMILES string of the molecule is CCOC(=O)C1=CCN(CC)CC1. The van der Waals surface area contributed by atoms with Gasteiger partial charge in [-0.15, -0.1) is 0 Å². The van der Waals surface area contributed by atoms with Crippen LogP contribution in [0.1, 0.15) is 20.3 Å². The van der Waals surface area contributed by atoms with Gasteiger partial charge in [0.25, 0.3) is 0 Å². The van der Waals surface area contributed by atoms with Gasteiger partial charge >= 0.3 is 5.97 Å². The second-order valence-electron chi connectivity index (χ2n) is 3.09. The third-order valence-corrected chi connectivity index (χ3v) is 2.28. The minimum absolute atomic E-state index is 0.141. The van der Waals surface area contributed by atoms with Crippen molar-refractivity contribution in [3.05, 3.63) is 11.6 Å². The maximum atomic E-state index is 11.3. The monoisotopic (exact) mass is 183 g/mol. The Morgan fingerprint density at radius 3 is 2.85 bits per heavy atom.